The Hall–Kier alpha value is -0.160. The summed E-state index contributed by atoms with van der Waals surface area (Å²) in [5, 5.41) is 3.58. The molecule has 0 aromatic carbocycles. The van der Waals surface area contributed by atoms with Crippen LogP contribution in [-0.2, 0) is 0 Å². The lowest BCUT2D eigenvalue weighted by atomic mass is 10.2. The standard InChI is InChI=1S/C16H36N4/c1-16-8-10-17-9-5-11-18(2)12-6-13-19(3)14-7-15-20(16)4/h16-17H,5-15H2,1-4H3. The van der Waals surface area contributed by atoms with Gasteiger partial charge >= 0.3 is 0 Å². The minimum atomic E-state index is 0.684. The molecular formula is C16H36N4. The highest BCUT2D eigenvalue weighted by molar-refractivity contribution is 4.67. The summed E-state index contributed by atoms with van der Waals surface area (Å²) in [5.41, 5.74) is 0. The van der Waals surface area contributed by atoms with Gasteiger partial charge in [-0.3, -0.25) is 0 Å². The average Bonchev–Trinajstić information content (AvgIpc) is 2.41. The van der Waals surface area contributed by atoms with Crippen LogP contribution < -0.4 is 5.32 Å². The van der Waals surface area contributed by atoms with Crippen molar-refractivity contribution in [2.24, 2.45) is 0 Å². The summed E-state index contributed by atoms with van der Waals surface area (Å²) in [7, 11) is 6.78. The Labute approximate surface area is 126 Å². The Kier molecular flexibility index (Phi) is 9.44. The third-order valence-corrected chi connectivity index (χ3v) is 4.52. The molecule has 0 spiro atoms. The van der Waals surface area contributed by atoms with Gasteiger partial charge in [-0.2, -0.15) is 0 Å². The van der Waals surface area contributed by atoms with Crippen LogP contribution in [0, 0.1) is 0 Å². The SMILES string of the molecule is CC1CCNCCCN(C)CCCN(C)CCCN1C. The molecule has 20 heavy (non-hydrogen) atoms. The van der Waals surface area contributed by atoms with Crippen molar-refractivity contribution < 1.29 is 0 Å². The highest BCUT2D eigenvalue weighted by Gasteiger charge is 2.09. The van der Waals surface area contributed by atoms with Crippen molar-refractivity contribution >= 4 is 0 Å². The summed E-state index contributed by atoms with van der Waals surface area (Å²) in [6.45, 7) is 10.7. The number of hydrogen-bond acceptors (Lipinski definition) is 4. The zero-order valence-corrected chi connectivity index (χ0v) is 14.2. The van der Waals surface area contributed by atoms with E-state index in [1.807, 2.05) is 0 Å². The van der Waals surface area contributed by atoms with Crippen molar-refractivity contribution in [1.82, 2.24) is 20.0 Å². The Morgan fingerprint density at radius 1 is 0.750 bits per heavy atom. The van der Waals surface area contributed by atoms with Crippen LogP contribution in [0.3, 0.4) is 0 Å². The lowest BCUT2D eigenvalue weighted by molar-refractivity contribution is 0.217. The van der Waals surface area contributed by atoms with Gasteiger partial charge in [0, 0.05) is 6.04 Å². The van der Waals surface area contributed by atoms with Gasteiger partial charge in [0.25, 0.3) is 0 Å². The molecule has 1 N–H and O–H groups in total. The lowest BCUT2D eigenvalue weighted by Gasteiger charge is -2.27. The summed E-state index contributed by atoms with van der Waals surface area (Å²) in [5.74, 6) is 0. The third-order valence-electron chi connectivity index (χ3n) is 4.52. The molecule has 0 aromatic rings. The first-order chi connectivity index (χ1) is 9.59. The van der Waals surface area contributed by atoms with Crippen LogP contribution in [0.25, 0.3) is 0 Å². The summed E-state index contributed by atoms with van der Waals surface area (Å²) < 4.78 is 0. The molecule has 120 valence electrons. The van der Waals surface area contributed by atoms with E-state index in [-0.39, 0.29) is 0 Å². The van der Waals surface area contributed by atoms with Crippen molar-refractivity contribution in [2.75, 3.05) is 67.0 Å². The van der Waals surface area contributed by atoms with Crippen LogP contribution in [0.5, 0.6) is 0 Å². The second-order valence-corrected chi connectivity index (χ2v) is 6.54. The fourth-order valence-corrected chi connectivity index (χ4v) is 2.77. The zero-order chi connectivity index (χ0) is 14.8. The molecule has 0 radical (unpaired) electrons. The largest absolute Gasteiger partial charge is 0.317 e. The van der Waals surface area contributed by atoms with E-state index in [9.17, 15) is 0 Å². The first-order valence-electron chi connectivity index (χ1n) is 8.37. The number of hydrogen-bond donors (Lipinski definition) is 1. The van der Waals surface area contributed by atoms with E-state index in [2.05, 4.69) is 48.1 Å². The molecular weight excluding hydrogens is 248 g/mol. The van der Waals surface area contributed by atoms with Crippen LogP contribution in [-0.4, -0.2) is 87.7 Å². The Morgan fingerprint density at radius 2 is 1.30 bits per heavy atom. The second-order valence-electron chi connectivity index (χ2n) is 6.54. The topological polar surface area (TPSA) is 21.8 Å². The molecule has 1 saturated heterocycles. The first-order valence-corrected chi connectivity index (χ1v) is 8.37. The molecule has 0 aromatic heterocycles. The molecule has 4 heteroatoms. The van der Waals surface area contributed by atoms with Crippen molar-refractivity contribution in [3.8, 4) is 0 Å². The molecule has 1 heterocycles. The summed E-state index contributed by atoms with van der Waals surface area (Å²) in [6, 6.07) is 0.684. The Morgan fingerprint density at radius 3 is 1.95 bits per heavy atom. The van der Waals surface area contributed by atoms with E-state index in [0.717, 1.165) is 13.1 Å². The quantitative estimate of drug-likeness (QED) is 0.724. The predicted octanol–water partition coefficient (Wildman–Crippen LogP) is 1.33. The predicted molar refractivity (Wildman–Crippen MR) is 88.4 cm³/mol. The van der Waals surface area contributed by atoms with Crippen LogP contribution in [0.2, 0.25) is 0 Å². The maximum atomic E-state index is 3.58. The molecule has 1 aliphatic heterocycles. The maximum absolute atomic E-state index is 3.58. The van der Waals surface area contributed by atoms with Crippen molar-refractivity contribution in [2.45, 2.75) is 38.6 Å². The normalized spacial score (nSPS) is 28.5. The molecule has 1 atom stereocenters. The monoisotopic (exact) mass is 284 g/mol. The van der Waals surface area contributed by atoms with E-state index >= 15 is 0 Å². The van der Waals surface area contributed by atoms with E-state index in [1.165, 1.54) is 58.4 Å². The molecule has 0 bridgehead atoms. The molecule has 1 unspecified atom stereocenters. The van der Waals surface area contributed by atoms with Gasteiger partial charge in [-0.25, -0.2) is 0 Å². The molecule has 4 nitrogen and oxygen atoms in total. The first kappa shape index (κ1) is 17.9. The van der Waals surface area contributed by atoms with Crippen molar-refractivity contribution in [3.05, 3.63) is 0 Å². The molecule has 0 saturated carbocycles. The number of nitrogens with one attached hydrogen (secondary N) is 1. The highest BCUT2D eigenvalue weighted by atomic mass is 15.1. The molecule has 0 amide bonds. The van der Waals surface area contributed by atoms with Crippen LogP contribution in [0.4, 0.5) is 0 Å². The summed E-state index contributed by atoms with van der Waals surface area (Å²) >= 11 is 0. The molecule has 0 aliphatic carbocycles. The zero-order valence-electron chi connectivity index (χ0n) is 14.2. The van der Waals surface area contributed by atoms with Crippen LogP contribution in [0.15, 0.2) is 0 Å². The van der Waals surface area contributed by atoms with Gasteiger partial charge in [0.15, 0.2) is 0 Å². The fraction of sp³-hybridized carbons (Fsp3) is 1.00. The average molecular weight is 284 g/mol. The number of rotatable bonds is 0. The van der Waals surface area contributed by atoms with Gasteiger partial charge in [0.05, 0.1) is 0 Å². The maximum Gasteiger partial charge on any atom is 0.00759 e. The van der Waals surface area contributed by atoms with E-state index in [0.29, 0.717) is 6.04 Å². The number of nitrogens with zero attached hydrogens (tertiary/aromatic N) is 3. The Balaban J connectivity index is 2.35. The van der Waals surface area contributed by atoms with E-state index < -0.39 is 0 Å². The van der Waals surface area contributed by atoms with Crippen molar-refractivity contribution in [3.63, 3.8) is 0 Å². The highest BCUT2D eigenvalue weighted by Crippen LogP contribution is 2.03. The van der Waals surface area contributed by atoms with Gasteiger partial charge in [0.1, 0.15) is 0 Å². The third kappa shape index (κ3) is 8.20. The lowest BCUT2D eigenvalue weighted by Crippen LogP contribution is -2.35. The second kappa shape index (κ2) is 10.6. The fourth-order valence-electron chi connectivity index (χ4n) is 2.77. The smallest absolute Gasteiger partial charge is 0.00759 e. The Bertz CT molecular complexity index is 235. The van der Waals surface area contributed by atoms with Crippen molar-refractivity contribution in [1.29, 1.82) is 0 Å². The van der Waals surface area contributed by atoms with Crippen LogP contribution in [0.1, 0.15) is 32.6 Å². The molecule has 1 rings (SSSR count). The van der Waals surface area contributed by atoms with E-state index in [4.69, 9.17) is 0 Å². The minimum absolute atomic E-state index is 0.684. The van der Waals surface area contributed by atoms with Gasteiger partial charge in [-0.1, -0.05) is 0 Å². The summed E-state index contributed by atoms with van der Waals surface area (Å²) in [4.78, 5) is 7.46. The van der Waals surface area contributed by atoms with Gasteiger partial charge in [-0.05, 0) is 99.6 Å². The van der Waals surface area contributed by atoms with Gasteiger partial charge in [-0.15, -0.1) is 0 Å². The minimum Gasteiger partial charge on any atom is -0.317 e. The summed E-state index contributed by atoms with van der Waals surface area (Å²) in [6.07, 6.45) is 5.08. The van der Waals surface area contributed by atoms with Gasteiger partial charge < -0.3 is 20.0 Å². The van der Waals surface area contributed by atoms with Gasteiger partial charge in [0.2, 0.25) is 0 Å². The van der Waals surface area contributed by atoms with Crippen LogP contribution >= 0.6 is 0 Å². The molecule has 1 aliphatic rings. The molecule has 1 fully saturated rings. The van der Waals surface area contributed by atoms with E-state index in [1.54, 1.807) is 0 Å².